The molecule has 0 aliphatic heterocycles. The highest BCUT2D eigenvalue weighted by Crippen LogP contribution is 2.25. The van der Waals surface area contributed by atoms with E-state index in [1.165, 1.54) is 0 Å². The molecule has 1 fully saturated rings. The van der Waals surface area contributed by atoms with Crippen LogP contribution in [-0.2, 0) is 9.59 Å². The van der Waals surface area contributed by atoms with Crippen LogP contribution >= 0.6 is 0 Å². The highest BCUT2D eigenvalue weighted by atomic mass is 16.2. The van der Waals surface area contributed by atoms with Gasteiger partial charge in [-0.1, -0.05) is 19.8 Å². The lowest BCUT2D eigenvalue weighted by molar-refractivity contribution is -0.140. The van der Waals surface area contributed by atoms with Crippen LogP contribution in [0.1, 0.15) is 39.0 Å². The molecule has 0 saturated heterocycles. The average Bonchev–Trinajstić information content (AvgIpc) is 2.78. The van der Waals surface area contributed by atoms with Gasteiger partial charge in [0.25, 0.3) is 0 Å². The Kier molecular flexibility index (Phi) is 5.41. The van der Waals surface area contributed by atoms with Gasteiger partial charge < -0.3 is 16.4 Å². The van der Waals surface area contributed by atoms with Crippen molar-refractivity contribution in [2.24, 2.45) is 17.4 Å². The van der Waals surface area contributed by atoms with E-state index in [0.717, 1.165) is 25.7 Å². The van der Waals surface area contributed by atoms with E-state index in [-0.39, 0.29) is 24.4 Å². The molecule has 0 bridgehead atoms. The zero-order valence-electron chi connectivity index (χ0n) is 10.5. The van der Waals surface area contributed by atoms with Crippen LogP contribution in [0.2, 0.25) is 0 Å². The number of nitrogens with two attached hydrogens (primary N) is 2. The predicted octanol–water partition coefficient (Wildman–Crippen LogP) is 0.228. The Morgan fingerprint density at radius 2 is 1.94 bits per heavy atom. The number of nitrogens with zero attached hydrogens (tertiary/aromatic N) is 1. The zero-order chi connectivity index (χ0) is 12.8. The molecular formula is C12H23N3O2. The molecule has 1 rings (SSSR count). The maximum absolute atomic E-state index is 12.2. The van der Waals surface area contributed by atoms with Crippen molar-refractivity contribution < 1.29 is 9.59 Å². The van der Waals surface area contributed by atoms with Crippen LogP contribution in [0, 0.1) is 5.92 Å². The minimum absolute atomic E-state index is 0.0150. The number of carbonyl (C=O) groups is 2. The Labute approximate surface area is 103 Å². The third kappa shape index (κ3) is 4.00. The Morgan fingerprint density at radius 3 is 2.41 bits per heavy atom. The lowest BCUT2D eigenvalue weighted by atomic mass is 10.0. The molecule has 2 amide bonds. The second-order valence-electron chi connectivity index (χ2n) is 4.85. The lowest BCUT2D eigenvalue weighted by Crippen LogP contribution is -2.46. The highest BCUT2D eigenvalue weighted by molar-refractivity contribution is 5.85. The topological polar surface area (TPSA) is 89.4 Å². The van der Waals surface area contributed by atoms with Crippen LogP contribution in [0.15, 0.2) is 0 Å². The van der Waals surface area contributed by atoms with Crippen LogP contribution in [0.4, 0.5) is 0 Å². The van der Waals surface area contributed by atoms with Crippen molar-refractivity contribution in [3.05, 3.63) is 0 Å². The van der Waals surface area contributed by atoms with E-state index in [2.05, 4.69) is 0 Å². The maximum Gasteiger partial charge on any atom is 0.237 e. The molecule has 1 atom stereocenters. The Hall–Kier alpha value is -1.10. The van der Waals surface area contributed by atoms with E-state index in [0.29, 0.717) is 13.0 Å². The van der Waals surface area contributed by atoms with Gasteiger partial charge in [0.1, 0.15) is 0 Å². The van der Waals surface area contributed by atoms with Crippen LogP contribution in [-0.4, -0.2) is 35.8 Å². The molecule has 0 heterocycles. The molecule has 1 aliphatic rings. The zero-order valence-corrected chi connectivity index (χ0v) is 10.5. The van der Waals surface area contributed by atoms with Crippen molar-refractivity contribution in [2.45, 2.75) is 45.1 Å². The first-order chi connectivity index (χ1) is 8.06. The Balaban J connectivity index is 2.67. The number of rotatable bonds is 6. The summed E-state index contributed by atoms with van der Waals surface area (Å²) in [6, 6.07) is 0.190. The average molecular weight is 241 g/mol. The van der Waals surface area contributed by atoms with Crippen molar-refractivity contribution in [3.8, 4) is 0 Å². The molecule has 17 heavy (non-hydrogen) atoms. The van der Waals surface area contributed by atoms with Gasteiger partial charge >= 0.3 is 0 Å². The molecule has 0 aromatic carbocycles. The normalized spacial score (nSPS) is 18.0. The summed E-state index contributed by atoms with van der Waals surface area (Å²) in [5.74, 6) is -0.550. The fourth-order valence-electron chi connectivity index (χ4n) is 2.43. The highest BCUT2D eigenvalue weighted by Gasteiger charge is 2.30. The van der Waals surface area contributed by atoms with Gasteiger partial charge in [-0.25, -0.2) is 0 Å². The minimum Gasteiger partial charge on any atom is -0.368 e. The SMILES string of the molecule is CC(CCN)C(=O)N(CC(N)=O)C1CCCC1. The van der Waals surface area contributed by atoms with Crippen molar-refractivity contribution >= 4 is 11.8 Å². The molecule has 0 radical (unpaired) electrons. The largest absolute Gasteiger partial charge is 0.368 e. The standard InChI is InChI=1S/C12H23N3O2/c1-9(6-7-13)12(17)15(8-11(14)16)10-4-2-3-5-10/h9-10H,2-8,13H2,1H3,(H2,14,16). The van der Waals surface area contributed by atoms with Gasteiger partial charge in [0.2, 0.25) is 11.8 Å². The quantitative estimate of drug-likeness (QED) is 0.697. The number of hydrogen-bond acceptors (Lipinski definition) is 3. The van der Waals surface area contributed by atoms with E-state index in [1.807, 2.05) is 6.92 Å². The van der Waals surface area contributed by atoms with E-state index < -0.39 is 5.91 Å². The summed E-state index contributed by atoms with van der Waals surface area (Å²) in [6.45, 7) is 2.39. The molecule has 5 nitrogen and oxygen atoms in total. The third-order valence-corrected chi connectivity index (χ3v) is 3.40. The molecule has 1 aliphatic carbocycles. The van der Waals surface area contributed by atoms with Crippen molar-refractivity contribution in [3.63, 3.8) is 0 Å². The number of amides is 2. The van der Waals surface area contributed by atoms with Gasteiger partial charge in [-0.3, -0.25) is 9.59 Å². The lowest BCUT2D eigenvalue weighted by Gasteiger charge is -2.30. The van der Waals surface area contributed by atoms with Crippen molar-refractivity contribution in [1.82, 2.24) is 4.90 Å². The first-order valence-electron chi connectivity index (χ1n) is 6.35. The first-order valence-corrected chi connectivity index (χ1v) is 6.35. The number of primary amides is 1. The Bertz CT molecular complexity index is 275. The van der Waals surface area contributed by atoms with Crippen molar-refractivity contribution in [2.75, 3.05) is 13.1 Å². The second kappa shape index (κ2) is 6.59. The fraction of sp³-hybridized carbons (Fsp3) is 0.833. The first kappa shape index (κ1) is 14.0. The summed E-state index contributed by atoms with van der Waals surface area (Å²) < 4.78 is 0. The molecule has 0 spiro atoms. The minimum atomic E-state index is -0.440. The van der Waals surface area contributed by atoms with E-state index in [1.54, 1.807) is 4.90 Å². The van der Waals surface area contributed by atoms with Gasteiger partial charge in [-0.05, 0) is 25.8 Å². The Morgan fingerprint density at radius 1 is 1.35 bits per heavy atom. The molecular weight excluding hydrogens is 218 g/mol. The summed E-state index contributed by atoms with van der Waals surface area (Å²) in [5.41, 5.74) is 10.7. The number of hydrogen-bond donors (Lipinski definition) is 2. The number of carbonyl (C=O) groups excluding carboxylic acids is 2. The van der Waals surface area contributed by atoms with Gasteiger partial charge in [0, 0.05) is 12.0 Å². The fourth-order valence-corrected chi connectivity index (χ4v) is 2.43. The molecule has 5 heteroatoms. The maximum atomic E-state index is 12.2. The van der Waals surface area contributed by atoms with E-state index in [9.17, 15) is 9.59 Å². The van der Waals surface area contributed by atoms with Crippen LogP contribution in [0.3, 0.4) is 0 Å². The molecule has 1 unspecified atom stereocenters. The van der Waals surface area contributed by atoms with E-state index >= 15 is 0 Å². The summed E-state index contributed by atoms with van der Waals surface area (Å²) in [7, 11) is 0. The summed E-state index contributed by atoms with van der Waals surface area (Å²) in [6.07, 6.45) is 4.86. The monoisotopic (exact) mass is 241 g/mol. The van der Waals surface area contributed by atoms with E-state index in [4.69, 9.17) is 11.5 Å². The summed E-state index contributed by atoms with van der Waals surface area (Å²) in [5, 5.41) is 0. The second-order valence-corrected chi connectivity index (χ2v) is 4.85. The van der Waals surface area contributed by atoms with Crippen LogP contribution in [0.5, 0.6) is 0 Å². The molecule has 98 valence electrons. The smallest absolute Gasteiger partial charge is 0.237 e. The van der Waals surface area contributed by atoms with Gasteiger partial charge in [-0.2, -0.15) is 0 Å². The van der Waals surface area contributed by atoms with Crippen LogP contribution < -0.4 is 11.5 Å². The molecule has 4 N–H and O–H groups in total. The predicted molar refractivity (Wildman–Crippen MR) is 66.0 cm³/mol. The van der Waals surface area contributed by atoms with Gasteiger partial charge in [0.15, 0.2) is 0 Å². The molecule has 0 aromatic heterocycles. The summed E-state index contributed by atoms with van der Waals surface area (Å²) in [4.78, 5) is 24.9. The van der Waals surface area contributed by atoms with Crippen LogP contribution in [0.25, 0.3) is 0 Å². The summed E-state index contributed by atoms with van der Waals surface area (Å²) >= 11 is 0. The molecule has 0 aromatic rings. The van der Waals surface area contributed by atoms with Crippen molar-refractivity contribution in [1.29, 1.82) is 0 Å². The third-order valence-electron chi connectivity index (χ3n) is 3.40. The van der Waals surface area contributed by atoms with Gasteiger partial charge in [-0.15, -0.1) is 0 Å². The van der Waals surface area contributed by atoms with Gasteiger partial charge in [0.05, 0.1) is 6.54 Å². The molecule has 1 saturated carbocycles.